The van der Waals surface area contributed by atoms with Crippen molar-refractivity contribution in [3.8, 4) is 0 Å². The van der Waals surface area contributed by atoms with Crippen LogP contribution in [0.4, 0.5) is 0 Å². The zero-order valence-electron chi connectivity index (χ0n) is 5.15. The van der Waals surface area contributed by atoms with E-state index in [0.29, 0.717) is 6.54 Å². The van der Waals surface area contributed by atoms with Gasteiger partial charge in [-0.1, -0.05) is 31.0 Å². The molecule has 2 N–H and O–H groups in total. The fourth-order valence-electron chi connectivity index (χ4n) is 0.384. The van der Waals surface area contributed by atoms with Crippen molar-refractivity contribution in [2.24, 2.45) is 5.73 Å². The average Bonchev–Trinajstić information content (AvgIpc) is 1.83. The van der Waals surface area contributed by atoms with E-state index in [2.05, 4.69) is 6.92 Å². The number of nitrogens with two attached hydrogens (primary N) is 1. The standard InChI is InChI=1S/C6H12ClN/c1-2-3-4-6(7)5-8/h4H,2-3,5,8H2,1H3/b6-4-. The smallest absolute Gasteiger partial charge is 0.0284 e. The van der Waals surface area contributed by atoms with Crippen LogP contribution in [0.25, 0.3) is 0 Å². The van der Waals surface area contributed by atoms with Gasteiger partial charge < -0.3 is 5.73 Å². The van der Waals surface area contributed by atoms with Gasteiger partial charge in [0, 0.05) is 11.6 Å². The molecule has 0 radical (unpaired) electrons. The number of hydrogen-bond donors (Lipinski definition) is 1. The van der Waals surface area contributed by atoms with Gasteiger partial charge in [-0.3, -0.25) is 0 Å². The maximum atomic E-state index is 5.58. The molecule has 1 nitrogen and oxygen atoms in total. The maximum absolute atomic E-state index is 5.58. The number of hydrogen-bond acceptors (Lipinski definition) is 1. The fraction of sp³-hybridized carbons (Fsp3) is 0.667. The van der Waals surface area contributed by atoms with Crippen LogP contribution in [0.5, 0.6) is 0 Å². The van der Waals surface area contributed by atoms with Crippen molar-refractivity contribution in [3.05, 3.63) is 11.1 Å². The minimum absolute atomic E-state index is 0.474. The van der Waals surface area contributed by atoms with E-state index in [9.17, 15) is 0 Å². The van der Waals surface area contributed by atoms with Crippen LogP contribution in [0.1, 0.15) is 19.8 Å². The molecule has 0 aliphatic heterocycles. The minimum Gasteiger partial charge on any atom is -0.326 e. The summed E-state index contributed by atoms with van der Waals surface area (Å²) < 4.78 is 0. The second kappa shape index (κ2) is 5.13. The van der Waals surface area contributed by atoms with Crippen molar-refractivity contribution >= 4 is 11.6 Å². The number of unbranched alkanes of at least 4 members (excludes halogenated alkanes) is 1. The van der Waals surface area contributed by atoms with Gasteiger partial charge in [0.2, 0.25) is 0 Å². The van der Waals surface area contributed by atoms with Crippen LogP contribution in [0, 0.1) is 0 Å². The normalized spacial score (nSPS) is 12.1. The lowest BCUT2D eigenvalue weighted by atomic mass is 10.3. The third-order valence-electron chi connectivity index (χ3n) is 0.850. The van der Waals surface area contributed by atoms with E-state index >= 15 is 0 Å². The zero-order chi connectivity index (χ0) is 6.41. The summed E-state index contributed by atoms with van der Waals surface area (Å²) in [5.74, 6) is 0. The summed E-state index contributed by atoms with van der Waals surface area (Å²) in [7, 11) is 0. The molecule has 0 unspecified atom stereocenters. The van der Waals surface area contributed by atoms with Gasteiger partial charge in [-0.25, -0.2) is 0 Å². The minimum atomic E-state index is 0.474. The van der Waals surface area contributed by atoms with Gasteiger partial charge in [-0.15, -0.1) is 0 Å². The van der Waals surface area contributed by atoms with Crippen LogP contribution in [-0.4, -0.2) is 6.54 Å². The fourth-order valence-corrected chi connectivity index (χ4v) is 0.493. The van der Waals surface area contributed by atoms with Crippen LogP contribution in [0.3, 0.4) is 0 Å². The lowest BCUT2D eigenvalue weighted by Crippen LogP contribution is -1.97. The molecule has 2 heteroatoms. The average molecular weight is 134 g/mol. The summed E-state index contributed by atoms with van der Waals surface area (Å²) >= 11 is 5.58. The molecule has 0 fully saturated rings. The Morgan fingerprint density at radius 2 is 2.38 bits per heavy atom. The SMILES string of the molecule is CCC/C=C(\Cl)CN. The van der Waals surface area contributed by atoms with Crippen molar-refractivity contribution in [3.63, 3.8) is 0 Å². The molecule has 0 aromatic heterocycles. The van der Waals surface area contributed by atoms with E-state index in [1.165, 1.54) is 0 Å². The molecule has 0 bridgehead atoms. The lowest BCUT2D eigenvalue weighted by Gasteiger charge is -1.88. The Bertz CT molecular complexity index is 78.6. The third-order valence-corrected chi connectivity index (χ3v) is 1.16. The molecule has 8 heavy (non-hydrogen) atoms. The number of allylic oxidation sites excluding steroid dienone is 1. The predicted molar refractivity (Wildman–Crippen MR) is 37.9 cm³/mol. The Balaban J connectivity index is 3.26. The number of halogens is 1. The maximum Gasteiger partial charge on any atom is 0.0284 e. The molecular formula is C6H12ClN. The van der Waals surface area contributed by atoms with Crippen LogP contribution < -0.4 is 5.73 Å². The highest BCUT2D eigenvalue weighted by Crippen LogP contribution is 2.00. The van der Waals surface area contributed by atoms with E-state index in [-0.39, 0.29) is 0 Å². The van der Waals surface area contributed by atoms with Gasteiger partial charge in [0.1, 0.15) is 0 Å². The summed E-state index contributed by atoms with van der Waals surface area (Å²) in [5, 5.41) is 0.770. The lowest BCUT2D eigenvalue weighted by molar-refractivity contribution is 0.951. The van der Waals surface area contributed by atoms with E-state index < -0.39 is 0 Å². The second-order valence-electron chi connectivity index (χ2n) is 1.64. The molecule has 0 spiro atoms. The first-order chi connectivity index (χ1) is 3.81. The van der Waals surface area contributed by atoms with Crippen LogP contribution in [0.2, 0.25) is 0 Å². The summed E-state index contributed by atoms with van der Waals surface area (Å²) in [6, 6.07) is 0. The summed E-state index contributed by atoms with van der Waals surface area (Å²) in [6.07, 6.45) is 4.13. The van der Waals surface area contributed by atoms with Gasteiger partial charge in [-0.2, -0.15) is 0 Å². The Morgan fingerprint density at radius 1 is 1.75 bits per heavy atom. The first kappa shape index (κ1) is 7.99. The topological polar surface area (TPSA) is 26.0 Å². The summed E-state index contributed by atoms with van der Waals surface area (Å²) in [4.78, 5) is 0. The highest BCUT2D eigenvalue weighted by Gasteiger charge is 1.82. The first-order valence-electron chi connectivity index (χ1n) is 2.85. The van der Waals surface area contributed by atoms with E-state index in [4.69, 9.17) is 17.3 Å². The molecule has 0 aromatic carbocycles. The van der Waals surface area contributed by atoms with Crippen LogP contribution >= 0.6 is 11.6 Å². The third kappa shape index (κ3) is 4.16. The van der Waals surface area contributed by atoms with Crippen molar-refractivity contribution in [2.75, 3.05) is 6.54 Å². The monoisotopic (exact) mass is 133 g/mol. The van der Waals surface area contributed by atoms with E-state index in [1.54, 1.807) is 0 Å². The van der Waals surface area contributed by atoms with Crippen molar-refractivity contribution in [1.29, 1.82) is 0 Å². The van der Waals surface area contributed by atoms with Gasteiger partial charge in [0.15, 0.2) is 0 Å². The second-order valence-corrected chi connectivity index (χ2v) is 2.13. The quantitative estimate of drug-likeness (QED) is 0.625. The van der Waals surface area contributed by atoms with E-state index in [1.807, 2.05) is 6.08 Å². The van der Waals surface area contributed by atoms with Gasteiger partial charge in [0.05, 0.1) is 0 Å². The predicted octanol–water partition coefficient (Wildman–Crippen LogP) is 1.87. The Labute approximate surface area is 55.5 Å². The van der Waals surface area contributed by atoms with E-state index in [0.717, 1.165) is 17.9 Å². The molecule has 0 saturated heterocycles. The zero-order valence-corrected chi connectivity index (χ0v) is 5.91. The largest absolute Gasteiger partial charge is 0.326 e. The highest BCUT2D eigenvalue weighted by atomic mass is 35.5. The molecule has 0 amide bonds. The van der Waals surface area contributed by atoms with Crippen molar-refractivity contribution in [1.82, 2.24) is 0 Å². The Kier molecular flexibility index (Phi) is 5.13. The summed E-state index contributed by atoms with van der Waals surface area (Å²) in [5.41, 5.74) is 5.21. The molecule has 48 valence electrons. The van der Waals surface area contributed by atoms with Gasteiger partial charge in [-0.05, 0) is 6.42 Å². The Hall–Kier alpha value is -0.0100. The number of rotatable bonds is 3. The molecule has 0 heterocycles. The molecule has 0 aliphatic carbocycles. The molecular weight excluding hydrogens is 122 g/mol. The van der Waals surface area contributed by atoms with Crippen LogP contribution in [-0.2, 0) is 0 Å². The Morgan fingerprint density at radius 3 is 2.75 bits per heavy atom. The van der Waals surface area contributed by atoms with Crippen LogP contribution in [0.15, 0.2) is 11.1 Å². The highest BCUT2D eigenvalue weighted by molar-refractivity contribution is 6.29. The molecule has 0 saturated carbocycles. The summed E-state index contributed by atoms with van der Waals surface area (Å²) in [6.45, 7) is 2.58. The molecule has 0 atom stereocenters. The molecule has 0 aromatic rings. The van der Waals surface area contributed by atoms with Crippen molar-refractivity contribution < 1.29 is 0 Å². The van der Waals surface area contributed by atoms with Gasteiger partial charge in [0.25, 0.3) is 0 Å². The molecule has 0 aliphatic rings. The van der Waals surface area contributed by atoms with Gasteiger partial charge >= 0.3 is 0 Å². The van der Waals surface area contributed by atoms with Crippen molar-refractivity contribution in [2.45, 2.75) is 19.8 Å². The molecule has 0 rings (SSSR count). The first-order valence-corrected chi connectivity index (χ1v) is 3.23.